The molecule has 0 unspecified atom stereocenters. The molecule has 2 heterocycles. The molecule has 0 aromatic carbocycles. The average molecular weight is 464 g/mol. The zero-order valence-corrected chi connectivity index (χ0v) is 19.1. The van der Waals surface area contributed by atoms with E-state index in [-0.39, 0.29) is 10.8 Å². The van der Waals surface area contributed by atoms with Crippen LogP contribution in [0, 0.1) is 6.92 Å². The summed E-state index contributed by atoms with van der Waals surface area (Å²) in [5, 5.41) is 2.82. The second-order valence-corrected chi connectivity index (χ2v) is 10.8. The topological polar surface area (TPSA) is 114 Å². The Balaban J connectivity index is 2.05. The lowest BCUT2D eigenvalue weighted by Crippen LogP contribution is -2.33. The maximum atomic E-state index is 12.5. The lowest BCUT2D eigenvalue weighted by atomic mass is 10.2. The average Bonchev–Trinajstić information content (AvgIpc) is 3.17. The predicted octanol–water partition coefficient (Wildman–Crippen LogP) is 3.41. The molecule has 0 saturated heterocycles. The molecule has 12 heteroatoms. The van der Waals surface area contributed by atoms with Crippen molar-refractivity contribution in [3.63, 3.8) is 0 Å². The minimum atomic E-state index is -4.02. The minimum Gasteiger partial charge on any atom is -0.465 e. The normalized spacial score (nSPS) is 11.3. The summed E-state index contributed by atoms with van der Waals surface area (Å²) < 4.78 is 32.9. The van der Waals surface area contributed by atoms with E-state index in [9.17, 15) is 18.0 Å². The van der Waals surface area contributed by atoms with Gasteiger partial charge >= 0.3 is 12.0 Å². The SMILES string of the molecule is CCc1nc(NC(=O)NS(=O)(=O)c2cc(C)c(CCOC(C)=O)s2)sc1SC. The number of urea groups is 1. The summed E-state index contributed by atoms with van der Waals surface area (Å²) in [6.07, 6.45) is 3.05. The summed E-state index contributed by atoms with van der Waals surface area (Å²) >= 11 is 3.87. The van der Waals surface area contributed by atoms with Gasteiger partial charge in [-0.1, -0.05) is 18.3 Å². The van der Waals surface area contributed by atoms with Crippen LogP contribution in [0.2, 0.25) is 0 Å². The quantitative estimate of drug-likeness (QED) is 0.455. The van der Waals surface area contributed by atoms with Gasteiger partial charge in [-0.15, -0.1) is 23.1 Å². The Morgan fingerprint density at radius 2 is 2.04 bits per heavy atom. The molecule has 2 rings (SSSR count). The fourth-order valence-electron chi connectivity index (χ4n) is 2.23. The maximum absolute atomic E-state index is 12.5. The third-order valence-electron chi connectivity index (χ3n) is 3.53. The Bertz CT molecular complexity index is 944. The third-order valence-corrected chi connectivity index (χ3v) is 8.79. The van der Waals surface area contributed by atoms with E-state index in [1.54, 1.807) is 6.92 Å². The van der Waals surface area contributed by atoms with Gasteiger partial charge in [0.2, 0.25) is 0 Å². The highest BCUT2D eigenvalue weighted by Crippen LogP contribution is 2.31. The Kier molecular flexibility index (Phi) is 7.87. The van der Waals surface area contributed by atoms with E-state index in [4.69, 9.17) is 4.74 Å². The van der Waals surface area contributed by atoms with Crippen molar-refractivity contribution in [1.29, 1.82) is 0 Å². The van der Waals surface area contributed by atoms with Crippen LogP contribution in [0.15, 0.2) is 14.5 Å². The van der Waals surface area contributed by atoms with Crippen molar-refractivity contribution in [2.24, 2.45) is 0 Å². The first-order chi connectivity index (χ1) is 13.2. The van der Waals surface area contributed by atoms with E-state index in [1.165, 1.54) is 36.1 Å². The first kappa shape index (κ1) is 22.7. The predicted molar refractivity (Wildman–Crippen MR) is 112 cm³/mol. The van der Waals surface area contributed by atoms with Crippen molar-refractivity contribution < 1.29 is 22.7 Å². The molecular formula is C16H21N3O5S4. The summed E-state index contributed by atoms with van der Waals surface area (Å²) in [7, 11) is -4.02. The van der Waals surface area contributed by atoms with E-state index < -0.39 is 22.0 Å². The van der Waals surface area contributed by atoms with Gasteiger partial charge in [0.15, 0.2) is 5.13 Å². The summed E-state index contributed by atoms with van der Waals surface area (Å²) in [6, 6.07) is 0.630. The number of anilines is 1. The molecule has 2 aromatic rings. The number of rotatable bonds is 8. The fourth-order valence-corrected chi connectivity index (χ4v) is 6.48. The molecule has 0 aliphatic rings. The van der Waals surface area contributed by atoms with Crippen molar-refractivity contribution in [3.05, 3.63) is 22.2 Å². The Morgan fingerprint density at radius 1 is 1.32 bits per heavy atom. The summed E-state index contributed by atoms with van der Waals surface area (Å²) in [4.78, 5) is 28.1. The number of sulfonamides is 1. The molecule has 0 bridgehead atoms. The van der Waals surface area contributed by atoms with Crippen molar-refractivity contribution in [2.75, 3.05) is 18.2 Å². The third kappa shape index (κ3) is 5.93. The molecule has 0 fully saturated rings. The van der Waals surface area contributed by atoms with E-state index in [1.807, 2.05) is 17.9 Å². The summed E-state index contributed by atoms with van der Waals surface area (Å²) in [6.45, 7) is 5.21. The van der Waals surface area contributed by atoms with Gasteiger partial charge in [-0.3, -0.25) is 10.1 Å². The second-order valence-electron chi connectivity index (χ2n) is 5.63. The Hall–Kier alpha value is -1.63. The standard InChI is InChI=1S/C16H21N3O5S4/c1-5-11-14(25-4)27-16(17-11)18-15(21)19-28(22,23)13-8-9(2)12(26-13)6-7-24-10(3)20/h8H,5-7H2,1-4H3,(H2,17,18,19,21). The van der Waals surface area contributed by atoms with E-state index in [2.05, 4.69) is 10.3 Å². The van der Waals surface area contributed by atoms with E-state index >= 15 is 0 Å². The van der Waals surface area contributed by atoms with E-state index in [0.717, 1.165) is 38.1 Å². The number of ether oxygens (including phenoxy) is 1. The molecule has 2 N–H and O–H groups in total. The van der Waals surface area contributed by atoms with Gasteiger partial charge in [-0.25, -0.2) is 22.9 Å². The number of carbonyl (C=O) groups is 2. The molecule has 0 aliphatic carbocycles. The lowest BCUT2D eigenvalue weighted by molar-refractivity contribution is -0.140. The van der Waals surface area contributed by atoms with Crippen LogP contribution in [-0.4, -0.2) is 38.3 Å². The van der Waals surface area contributed by atoms with Crippen LogP contribution in [-0.2, 0) is 32.4 Å². The molecule has 2 amide bonds. The van der Waals surface area contributed by atoms with Crippen molar-refractivity contribution in [3.8, 4) is 0 Å². The van der Waals surface area contributed by atoms with Gasteiger partial charge < -0.3 is 4.74 Å². The number of nitrogens with zero attached hydrogens (tertiary/aromatic N) is 1. The first-order valence-electron chi connectivity index (χ1n) is 8.26. The summed E-state index contributed by atoms with van der Waals surface area (Å²) in [5.74, 6) is -0.390. The fraction of sp³-hybridized carbons (Fsp3) is 0.438. The molecule has 154 valence electrons. The number of aromatic nitrogens is 1. The van der Waals surface area contributed by atoms with Crippen molar-refractivity contribution >= 4 is 61.6 Å². The van der Waals surface area contributed by atoms with Crippen LogP contribution in [0.4, 0.5) is 9.93 Å². The molecule has 0 saturated carbocycles. The minimum absolute atomic E-state index is 0.0242. The van der Waals surface area contributed by atoms with Gasteiger partial charge in [0, 0.05) is 18.2 Å². The number of hydrogen-bond acceptors (Lipinski definition) is 9. The molecular weight excluding hydrogens is 442 g/mol. The van der Waals surface area contributed by atoms with Crippen LogP contribution < -0.4 is 10.0 Å². The number of thiazole rings is 1. The van der Waals surface area contributed by atoms with Gasteiger partial charge in [-0.2, -0.15) is 0 Å². The number of thiophene rings is 1. The zero-order chi connectivity index (χ0) is 20.9. The maximum Gasteiger partial charge on any atom is 0.334 e. The highest BCUT2D eigenvalue weighted by atomic mass is 32.2. The molecule has 0 spiro atoms. The number of aryl methyl sites for hydroxylation is 2. The highest BCUT2D eigenvalue weighted by Gasteiger charge is 2.22. The molecule has 28 heavy (non-hydrogen) atoms. The van der Waals surface area contributed by atoms with Gasteiger partial charge in [-0.05, 0) is 31.2 Å². The lowest BCUT2D eigenvalue weighted by Gasteiger charge is -2.05. The zero-order valence-electron chi connectivity index (χ0n) is 15.8. The molecule has 8 nitrogen and oxygen atoms in total. The van der Waals surface area contributed by atoms with Crippen LogP contribution in [0.5, 0.6) is 0 Å². The van der Waals surface area contributed by atoms with Gasteiger partial charge in [0.25, 0.3) is 10.0 Å². The van der Waals surface area contributed by atoms with Gasteiger partial charge in [0.05, 0.1) is 16.5 Å². The largest absolute Gasteiger partial charge is 0.465 e. The number of amides is 2. The Morgan fingerprint density at radius 3 is 2.61 bits per heavy atom. The highest BCUT2D eigenvalue weighted by molar-refractivity contribution is 8.00. The second kappa shape index (κ2) is 9.72. The molecule has 0 radical (unpaired) electrons. The van der Waals surface area contributed by atoms with Crippen LogP contribution in [0.1, 0.15) is 30.0 Å². The molecule has 2 aromatic heterocycles. The van der Waals surface area contributed by atoms with Gasteiger partial charge in [0.1, 0.15) is 4.21 Å². The van der Waals surface area contributed by atoms with Crippen LogP contribution in [0.3, 0.4) is 0 Å². The molecule has 0 atom stereocenters. The molecule has 0 aliphatic heterocycles. The summed E-state index contributed by atoms with van der Waals surface area (Å²) in [5.41, 5.74) is 1.62. The van der Waals surface area contributed by atoms with E-state index in [0.29, 0.717) is 11.6 Å². The van der Waals surface area contributed by atoms with Crippen molar-refractivity contribution in [2.45, 2.75) is 42.0 Å². The monoisotopic (exact) mass is 463 g/mol. The number of thioether (sulfide) groups is 1. The van der Waals surface area contributed by atoms with Crippen LogP contribution >= 0.6 is 34.4 Å². The smallest absolute Gasteiger partial charge is 0.334 e. The number of hydrogen-bond donors (Lipinski definition) is 2. The Labute approximate surface area is 176 Å². The number of carbonyl (C=O) groups excluding carboxylic acids is 2. The number of nitrogens with one attached hydrogen (secondary N) is 2. The number of esters is 1. The van der Waals surface area contributed by atoms with Crippen LogP contribution in [0.25, 0.3) is 0 Å². The first-order valence-corrected chi connectivity index (χ1v) is 12.6. The van der Waals surface area contributed by atoms with Crippen molar-refractivity contribution in [1.82, 2.24) is 9.71 Å².